The summed E-state index contributed by atoms with van der Waals surface area (Å²) in [5.74, 6) is -1.49. The SMILES string of the molecule is Cc1c(F)c(C)c2c(=O)c(C)cn([C@@H]3C[C@@H]3F)c2c1F. The third-order valence-corrected chi connectivity index (χ3v) is 4.02. The maximum Gasteiger partial charge on any atom is 0.192 e. The zero-order chi connectivity index (χ0) is 14.8. The summed E-state index contributed by atoms with van der Waals surface area (Å²) in [7, 11) is 0. The lowest BCUT2D eigenvalue weighted by Gasteiger charge is -2.16. The van der Waals surface area contributed by atoms with Crippen LogP contribution in [0, 0.1) is 32.4 Å². The van der Waals surface area contributed by atoms with Crippen LogP contribution in [0.3, 0.4) is 0 Å². The van der Waals surface area contributed by atoms with Gasteiger partial charge >= 0.3 is 0 Å². The van der Waals surface area contributed by atoms with E-state index in [4.69, 9.17) is 0 Å². The Balaban J connectivity index is 2.54. The second-order valence-electron chi connectivity index (χ2n) is 5.47. The van der Waals surface area contributed by atoms with Crippen molar-refractivity contribution in [2.75, 3.05) is 0 Å². The van der Waals surface area contributed by atoms with E-state index in [0.717, 1.165) is 0 Å². The first-order valence-electron chi connectivity index (χ1n) is 6.48. The van der Waals surface area contributed by atoms with Gasteiger partial charge in [0.1, 0.15) is 12.0 Å². The van der Waals surface area contributed by atoms with Gasteiger partial charge in [-0.1, -0.05) is 0 Å². The van der Waals surface area contributed by atoms with Gasteiger partial charge < -0.3 is 4.57 Å². The van der Waals surface area contributed by atoms with Gasteiger partial charge in [0, 0.05) is 23.7 Å². The fourth-order valence-electron chi connectivity index (χ4n) is 2.70. The van der Waals surface area contributed by atoms with Crippen molar-refractivity contribution in [3.63, 3.8) is 0 Å². The van der Waals surface area contributed by atoms with E-state index in [1.54, 1.807) is 6.92 Å². The van der Waals surface area contributed by atoms with Gasteiger partial charge in [0.2, 0.25) is 0 Å². The molecule has 0 unspecified atom stereocenters. The summed E-state index contributed by atoms with van der Waals surface area (Å²) >= 11 is 0. The van der Waals surface area contributed by atoms with Crippen LogP contribution in [0.25, 0.3) is 10.9 Å². The van der Waals surface area contributed by atoms with Crippen LogP contribution >= 0.6 is 0 Å². The second kappa shape index (κ2) is 4.11. The topological polar surface area (TPSA) is 22.0 Å². The fraction of sp³-hybridized carbons (Fsp3) is 0.400. The number of rotatable bonds is 1. The number of halogens is 3. The smallest absolute Gasteiger partial charge is 0.192 e. The summed E-state index contributed by atoms with van der Waals surface area (Å²) in [4.78, 5) is 12.2. The Morgan fingerprint density at radius 2 is 1.75 bits per heavy atom. The largest absolute Gasteiger partial charge is 0.338 e. The van der Waals surface area contributed by atoms with E-state index in [0.29, 0.717) is 12.0 Å². The number of fused-ring (bicyclic) bond motifs is 1. The standard InChI is InChI=1S/C15H14F3NO/c1-6-5-19(10-4-9(10)16)14-11(15(6)20)7(2)12(17)8(3)13(14)18/h5,9-10H,4H2,1-3H3/t9-,10+/m0/s1. The molecule has 2 atom stereocenters. The van der Waals surface area contributed by atoms with Gasteiger partial charge in [0.15, 0.2) is 11.2 Å². The van der Waals surface area contributed by atoms with Gasteiger partial charge in [-0.05, 0) is 26.3 Å². The first-order valence-corrected chi connectivity index (χ1v) is 6.48. The molecule has 2 aromatic rings. The highest BCUT2D eigenvalue weighted by atomic mass is 19.1. The first-order chi connectivity index (χ1) is 9.34. The van der Waals surface area contributed by atoms with Crippen molar-refractivity contribution in [3.05, 3.63) is 44.7 Å². The molecule has 1 heterocycles. The Morgan fingerprint density at radius 3 is 2.30 bits per heavy atom. The molecular formula is C15H14F3NO. The molecule has 1 aliphatic rings. The van der Waals surface area contributed by atoms with E-state index in [9.17, 15) is 18.0 Å². The molecule has 0 aliphatic heterocycles. The van der Waals surface area contributed by atoms with E-state index in [-0.39, 0.29) is 22.0 Å². The predicted molar refractivity (Wildman–Crippen MR) is 70.9 cm³/mol. The fourth-order valence-corrected chi connectivity index (χ4v) is 2.70. The monoisotopic (exact) mass is 281 g/mol. The van der Waals surface area contributed by atoms with Crippen LogP contribution in [0.2, 0.25) is 0 Å². The van der Waals surface area contributed by atoms with Crippen LogP contribution < -0.4 is 5.43 Å². The number of aromatic nitrogens is 1. The average molecular weight is 281 g/mol. The van der Waals surface area contributed by atoms with E-state index in [1.165, 1.54) is 24.6 Å². The molecular weight excluding hydrogens is 267 g/mol. The predicted octanol–water partition coefficient (Wildman–Crippen LogP) is 3.49. The Labute approximate surface area is 113 Å². The molecule has 1 aromatic carbocycles. The van der Waals surface area contributed by atoms with Crippen molar-refractivity contribution in [1.82, 2.24) is 4.57 Å². The number of hydrogen-bond acceptors (Lipinski definition) is 1. The van der Waals surface area contributed by atoms with Crippen molar-refractivity contribution in [3.8, 4) is 0 Å². The molecule has 0 N–H and O–H groups in total. The van der Waals surface area contributed by atoms with E-state index < -0.39 is 29.3 Å². The number of hydrogen-bond donors (Lipinski definition) is 0. The van der Waals surface area contributed by atoms with Crippen LogP contribution in [0.5, 0.6) is 0 Å². The molecule has 0 saturated heterocycles. The van der Waals surface area contributed by atoms with Crippen LogP contribution in [-0.4, -0.2) is 10.7 Å². The minimum atomic E-state index is -1.04. The summed E-state index contributed by atoms with van der Waals surface area (Å²) in [6.45, 7) is 4.35. The summed E-state index contributed by atoms with van der Waals surface area (Å²) in [6.07, 6.45) is 0.728. The molecule has 3 rings (SSSR count). The number of benzene rings is 1. The highest BCUT2D eigenvalue weighted by Crippen LogP contribution is 2.41. The molecule has 0 bridgehead atoms. The molecule has 1 aliphatic carbocycles. The van der Waals surface area contributed by atoms with Crippen molar-refractivity contribution < 1.29 is 13.2 Å². The zero-order valence-corrected chi connectivity index (χ0v) is 11.4. The number of aryl methyl sites for hydroxylation is 2. The molecule has 1 saturated carbocycles. The lowest BCUT2D eigenvalue weighted by molar-refractivity contribution is 0.442. The third-order valence-electron chi connectivity index (χ3n) is 4.02. The number of nitrogens with zero attached hydrogens (tertiary/aromatic N) is 1. The van der Waals surface area contributed by atoms with Crippen LogP contribution in [0.1, 0.15) is 29.2 Å². The van der Waals surface area contributed by atoms with Crippen molar-refractivity contribution >= 4 is 10.9 Å². The lowest BCUT2D eigenvalue weighted by Crippen LogP contribution is -2.16. The van der Waals surface area contributed by atoms with Crippen molar-refractivity contribution in [2.45, 2.75) is 39.4 Å². The third kappa shape index (κ3) is 1.62. The summed E-state index contributed by atoms with van der Waals surface area (Å²) in [5.41, 5.74) is -0.0346. The highest BCUT2D eigenvalue weighted by Gasteiger charge is 2.40. The van der Waals surface area contributed by atoms with Gasteiger partial charge in [-0.15, -0.1) is 0 Å². The van der Waals surface area contributed by atoms with Crippen LogP contribution in [-0.2, 0) is 0 Å². The Bertz CT molecular complexity index is 794. The van der Waals surface area contributed by atoms with Gasteiger partial charge in [-0.2, -0.15) is 0 Å². The van der Waals surface area contributed by atoms with Crippen molar-refractivity contribution in [2.24, 2.45) is 0 Å². The highest BCUT2D eigenvalue weighted by molar-refractivity contribution is 5.85. The quantitative estimate of drug-likeness (QED) is 0.784. The van der Waals surface area contributed by atoms with Gasteiger partial charge in [-0.3, -0.25) is 4.79 Å². The summed E-state index contributed by atoms with van der Waals surface area (Å²) < 4.78 is 43.2. The summed E-state index contributed by atoms with van der Waals surface area (Å²) in [5, 5.41) is 0.0182. The van der Waals surface area contributed by atoms with Gasteiger partial charge in [0.05, 0.1) is 16.9 Å². The minimum Gasteiger partial charge on any atom is -0.338 e. The maximum absolute atomic E-state index is 14.4. The molecule has 0 radical (unpaired) electrons. The second-order valence-corrected chi connectivity index (χ2v) is 5.47. The lowest BCUT2D eigenvalue weighted by atomic mass is 10.0. The minimum absolute atomic E-state index is 0.0159. The normalized spacial score (nSPS) is 21.5. The van der Waals surface area contributed by atoms with Crippen molar-refractivity contribution in [1.29, 1.82) is 0 Å². The molecule has 0 amide bonds. The molecule has 2 nitrogen and oxygen atoms in total. The molecule has 20 heavy (non-hydrogen) atoms. The van der Waals surface area contributed by atoms with E-state index in [2.05, 4.69) is 0 Å². The zero-order valence-electron chi connectivity index (χ0n) is 11.4. The first kappa shape index (κ1) is 13.2. The van der Waals surface area contributed by atoms with Crippen LogP contribution in [0.15, 0.2) is 11.0 Å². The number of alkyl halides is 1. The Kier molecular flexibility index (Phi) is 2.71. The van der Waals surface area contributed by atoms with Gasteiger partial charge in [0.25, 0.3) is 0 Å². The number of pyridine rings is 1. The van der Waals surface area contributed by atoms with E-state index in [1.807, 2.05) is 0 Å². The van der Waals surface area contributed by atoms with E-state index >= 15 is 0 Å². The summed E-state index contributed by atoms with van der Waals surface area (Å²) in [6, 6.07) is -0.462. The molecule has 1 fully saturated rings. The Hall–Kier alpha value is -1.78. The maximum atomic E-state index is 14.4. The van der Waals surface area contributed by atoms with Crippen LogP contribution in [0.4, 0.5) is 13.2 Å². The molecule has 0 spiro atoms. The molecule has 106 valence electrons. The van der Waals surface area contributed by atoms with Gasteiger partial charge in [-0.25, -0.2) is 13.2 Å². The Morgan fingerprint density at radius 1 is 1.15 bits per heavy atom. The molecule has 5 heteroatoms. The average Bonchev–Trinajstić information content (AvgIpc) is 3.13. The molecule has 1 aromatic heterocycles.